The lowest BCUT2D eigenvalue weighted by Gasteiger charge is -2.04. The minimum absolute atomic E-state index is 0.192. The summed E-state index contributed by atoms with van der Waals surface area (Å²) in [5, 5.41) is 0.229. The van der Waals surface area contributed by atoms with Gasteiger partial charge in [0.25, 0.3) is 0 Å². The van der Waals surface area contributed by atoms with E-state index < -0.39 is 0 Å². The van der Waals surface area contributed by atoms with E-state index in [1.54, 1.807) is 6.21 Å². The van der Waals surface area contributed by atoms with Crippen LogP contribution in [0.25, 0.3) is 0 Å². The first kappa shape index (κ1) is 14.4. The zero-order valence-corrected chi connectivity index (χ0v) is 10.3. The standard InChI is InChI=1S/C11H20ClNO2/c1-3-5-10(12)7-9-13-8-4-6-11(14)15-2/h8,10H,3-7,9H2,1-2H3. The molecular formula is C11H20ClNO2. The van der Waals surface area contributed by atoms with Crippen LogP contribution in [0.5, 0.6) is 0 Å². The number of nitrogens with zero attached hydrogens (tertiary/aromatic N) is 1. The van der Waals surface area contributed by atoms with Gasteiger partial charge in [0.15, 0.2) is 0 Å². The van der Waals surface area contributed by atoms with Crippen LogP contribution in [0.1, 0.15) is 39.0 Å². The van der Waals surface area contributed by atoms with Crippen LogP contribution in [0.15, 0.2) is 4.99 Å². The summed E-state index contributed by atoms with van der Waals surface area (Å²) in [5.41, 5.74) is 0. The molecule has 0 aromatic rings. The Morgan fingerprint density at radius 2 is 2.27 bits per heavy atom. The summed E-state index contributed by atoms with van der Waals surface area (Å²) in [6.07, 6.45) is 5.88. The van der Waals surface area contributed by atoms with Gasteiger partial charge in [0.1, 0.15) is 0 Å². The maximum Gasteiger partial charge on any atom is 0.305 e. The number of alkyl halides is 1. The zero-order chi connectivity index (χ0) is 11.5. The Bertz CT molecular complexity index is 195. The topological polar surface area (TPSA) is 38.7 Å². The number of esters is 1. The fourth-order valence-electron chi connectivity index (χ4n) is 1.14. The van der Waals surface area contributed by atoms with Gasteiger partial charge in [0.2, 0.25) is 0 Å². The lowest BCUT2D eigenvalue weighted by molar-refractivity contribution is -0.140. The minimum atomic E-state index is -0.192. The van der Waals surface area contributed by atoms with E-state index in [4.69, 9.17) is 11.6 Å². The summed E-state index contributed by atoms with van der Waals surface area (Å²) in [5.74, 6) is -0.192. The summed E-state index contributed by atoms with van der Waals surface area (Å²) in [4.78, 5) is 14.9. The van der Waals surface area contributed by atoms with Crippen molar-refractivity contribution in [2.24, 2.45) is 4.99 Å². The van der Waals surface area contributed by atoms with Gasteiger partial charge in [-0.1, -0.05) is 13.3 Å². The average molecular weight is 234 g/mol. The molecule has 88 valence electrons. The number of ether oxygens (including phenoxy) is 1. The highest BCUT2D eigenvalue weighted by atomic mass is 35.5. The van der Waals surface area contributed by atoms with Crippen molar-refractivity contribution in [3.05, 3.63) is 0 Å². The van der Waals surface area contributed by atoms with Crippen molar-refractivity contribution >= 4 is 23.8 Å². The molecule has 0 spiro atoms. The van der Waals surface area contributed by atoms with Gasteiger partial charge in [-0.2, -0.15) is 0 Å². The van der Waals surface area contributed by atoms with E-state index in [1.165, 1.54) is 7.11 Å². The molecule has 0 N–H and O–H groups in total. The van der Waals surface area contributed by atoms with Gasteiger partial charge in [-0.25, -0.2) is 0 Å². The van der Waals surface area contributed by atoms with Crippen molar-refractivity contribution in [1.29, 1.82) is 0 Å². The van der Waals surface area contributed by atoms with Crippen LogP contribution in [-0.4, -0.2) is 31.2 Å². The first-order chi connectivity index (χ1) is 7.20. The van der Waals surface area contributed by atoms with E-state index in [2.05, 4.69) is 16.7 Å². The summed E-state index contributed by atoms with van der Waals surface area (Å²) in [6.45, 7) is 2.87. The van der Waals surface area contributed by atoms with Crippen LogP contribution in [0.3, 0.4) is 0 Å². The van der Waals surface area contributed by atoms with Crippen molar-refractivity contribution in [1.82, 2.24) is 0 Å². The second kappa shape index (κ2) is 9.97. The Labute approximate surface area is 96.9 Å². The van der Waals surface area contributed by atoms with Gasteiger partial charge in [0.05, 0.1) is 13.5 Å². The Balaban J connectivity index is 3.35. The van der Waals surface area contributed by atoms with E-state index in [0.717, 1.165) is 25.8 Å². The number of aliphatic imine (C=N–C) groups is 1. The monoisotopic (exact) mass is 233 g/mol. The lowest BCUT2D eigenvalue weighted by Crippen LogP contribution is -2.01. The molecule has 0 fully saturated rings. The molecule has 1 atom stereocenters. The number of hydrogen-bond donors (Lipinski definition) is 0. The molecule has 0 aromatic heterocycles. The van der Waals surface area contributed by atoms with E-state index in [-0.39, 0.29) is 11.3 Å². The summed E-state index contributed by atoms with van der Waals surface area (Å²) < 4.78 is 4.51. The first-order valence-electron chi connectivity index (χ1n) is 5.39. The normalized spacial score (nSPS) is 13.0. The summed E-state index contributed by atoms with van der Waals surface area (Å²) in [6, 6.07) is 0. The highest BCUT2D eigenvalue weighted by molar-refractivity contribution is 6.20. The maximum atomic E-state index is 10.7. The molecular weight excluding hydrogens is 214 g/mol. The maximum absolute atomic E-state index is 10.7. The van der Waals surface area contributed by atoms with Gasteiger partial charge in [-0.05, 0) is 25.5 Å². The number of hydrogen-bond acceptors (Lipinski definition) is 3. The summed E-state index contributed by atoms with van der Waals surface area (Å²) in [7, 11) is 1.39. The molecule has 0 amide bonds. The predicted molar refractivity (Wildman–Crippen MR) is 63.8 cm³/mol. The lowest BCUT2D eigenvalue weighted by atomic mass is 10.2. The quantitative estimate of drug-likeness (QED) is 0.367. The second-order valence-corrected chi connectivity index (χ2v) is 4.00. The number of methoxy groups -OCH3 is 1. The fourth-order valence-corrected chi connectivity index (χ4v) is 1.46. The van der Waals surface area contributed by atoms with Crippen molar-refractivity contribution in [3.8, 4) is 0 Å². The molecule has 0 saturated heterocycles. The molecule has 0 rings (SSSR count). The van der Waals surface area contributed by atoms with E-state index in [9.17, 15) is 4.79 Å². The third-order valence-corrected chi connectivity index (χ3v) is 2.44. The van der Waals surface area contributed by atoms with Gasteiger partial charge in [-0.15, -0.1) is 11.6 Å². The smallest absolute Gasteiger partial charge is 0.305 e. The molecule has 0 aliphatic carbocycles. The molecule has 4 heteroatoms. The van der Waals surface area contributed by atoms with Crippen LogP contribution in [0, 0.1) is 0 Å². The number of halogens is 1. The Kier molecular flexibility index (Phi) is 9.59. The highest BCUT2D eigenvalue weighted by Crippen LogP contribution is 2.09. The molecule has 0 aliphatic heterocycles. The molecule has 0 aliphatic rings. The van der Waals surface area contributed by atoms with Crippen LogP contribution in [0.2, 0.25) is 0 Å². The Morgan fingerprint density at radius 3 is 2.87 bits per heavy atom. The molecule has 1 unspecified atom stereocenters. The second-order valence-electron chi connectivity index (χ2n) is 3.38. The van der Waals surface area contributed by atoms with Gasteiger partial charge in [-0.3, -0.25) is 9.79 Å². The average Bonchev–Trinajstić information content (AvgIpc) is 2.23. The fraction of sp³-hybridized carbons (Fsp3) is 0.818. The first-order valence-corrected chi connectivity index (χ1v) is 5.83. The molecule has 0 heterocycles. The minimum Gasteiger partial charge on any atom is -0.469 e. The molecule has 0 saturated carbocycles. The molecule has 0 radical (unpaired) electrons. The SMILES string of the molecule is CCCC(Cl)CCN=CCCC(=O)OC. The van der Waals surface area contributed by atoms with E-state index >= 15 is 0 Å². The molecule has 0 bridgehead atoms. The van der Waals surface area contributed by atoms with Crippen LogP contribution in [-0.2, 0) is 9.53 Å². The number of carbonyl (C=O) groups excluding carboxylic acids is 1. The largest absolute Gasteiger partial charge is 0.469 e. The van der Waals surface area contributed by atoms with Gasteiger partial charge < -0.3 is 4.74 Å². The van der Waals surface area contributed by atoms with Crippen molar-refractivity contribution in [3.63, 3.8) is 0 Å². The molecule has 15 heavy (non-hydrogen) atoms. The van der Waals surface area contributed by atoms with E-state index in [0.29, 0.717) is 12.8 Å². The van der Waals surface area contributed by atoms with Crippen molar-refractivity contribution in [2.45, 2.75) is 44.4 Å². The number of carbonyl (C=O) groups is 1. The number of rotatable bonds is 8. The van der Waals surface area contributed by atoms with Crippen LogP contribution >= 0.6 is 11.6 Å². The molecule has 0 aromatic carbocycles. The van der Waals surface area contributed by atoms with Crippen molar-refractivity contribution < 1.29 is 9.53 Å². The Morgan fingerprint density at radius 1 is 1.53 bits per heavy atom. The van der Waals surface area contributed by atoms with Crippen molar-refractivity contribution in [2.75, 3.05) is 13.7 Å². The predicted octanol–water partition coefficient (Wildman–Crippen LogP) is 2.81. The van der Waals surface area contributed by atoms with Crippen LogP contribution in [0.4, 0.5) is 0 Å². The third-order valence-electron chi connectivity index (χ3n) is 2.01. The zero-order valence-electron chi connectivity index (χ0n) is 9.54. The summed E-state index contributed by atoms with van der Waals surface area (Å²) >= 11 is 6.02. The van der Waals surface area contributed by atoms with Gasteiger partial charge in [0, 0.05) is 11.9 Å². The third kappa shape index (κ3) is 9.73. The van der Waals surface area contributed by atoms with E-state index in [1.807, 2.05) is 0 Å². The Hall–Kier alpha value is -0.570. The molecule has 3 nitrogen and oxygen atoms in total. The van der Waals surface area contributed by atoms with Gasteiger partial charge >= 0.3 is 5.97 Å². The van der Waals surface area contributed by atoms with Crippen LogP contribution < -0.4 is 0 Å². The highest BCUT2D eigenvalue weighted by Gasteiger charge is 2.01.